The third kappa shape index (κ3) is 3.32. The van der Waals surface area contributed by atoms with Crippen LogP contribution >= 0.6 is 0 Å². The zero-order chi connectivity index (χ0) is 14.0. The van der Waals surface area contributed by atoms with Gasteiger partial charge in [0.1, 0.15) is 0 Å². The van der Waals surface area contributed by atoms with E-state index >= 15 is 0 Å². The Hall–Kier alpha value is -1.43. The molecule has 0 unspecified atom stereocenters. The first-order valence-electron chi connectivity index (χ1n) is 5.94. The van der Waals surface area contributed by atoms with Gasteiger partial charge in [0.15, 0.2) is 7.14 Å². The summed E-state index contributed by atoms with van der Waals surface area (Å²) in [5.41, 5.74) is 4.09. The molecule has 0 atom stereocenters. The highest BCUT2D eigenvalue weighted by Gasteiger charge is 2.22. The van der Waals surface area contributed by atoms with E-state index in [2.05, 4.69) is 32.9 Å². The van der Waals surface area contributed by atoms with E-state index in [0.29, 0.717) is 0 Å². The molecular weight excluding hydrogens is 353 g/mol. The summed E-state index contributed by atoms with van der Waals surface area (Å²) in [6.07, 6.45) is 0. The molecule has 0 N–H and O–H groups in total. The highest BCUT2D eigenvalue weighted by atomic mass is 127. The molecule has 19 heavy (non-hydrogen) atoms. The number of nitro benzene ring substituents is 1. The van der Waals surface area contributed by atoms with Crippen LogP contribution in [-0.4, -0.2) is 4.92 Å². The van der Waals surface area contributed by atoms with Crippen molar-refractivity contribution in [2.75, 3.05) is 0 Å². The molecule has 0 radical (unpaired) electrons. The van der Waals surface area contributed by atoms with Crippen LogP contribution < -0.4 is 21.2 Å². The van der Waals surface area contributed by atoms with Crippen LogP contribution in [0.1, 0.15) is 16.7 Å². The maximum Gasteiger partial charge on any atom is 0.358 e. The summed E-state index contributed by atoms with van der Waals surface area (Å²) < 4.78 is 2.62. The molecule has 2 aromatic rings. The Bertz CT molecular complexity index is 598. The quantitative estimate of drug-likeness (QED) is 0.454. The molecule has 2 aromatic carbocycles. The maximum atomic E-state index is 10.6. The summed E-state index contributed by atoms with van der Waals surface area (Å²) in [4.78, 5) is 10.3. The van der Waals surface area contributed by atoms with Gasteiger partial charge >= 0.3 is 21.2 Å². The lowest BCUT2D eigenvalue weighted by atomic mass is 10.1. The molecule has 0 amide bonds. The average Bonchev–Trinajstić information content (AvgIpc) is 2.34. The van der Waals surface area contributed by atoms with Crippen molar-refractivity contribution in [1.29, 1.82) is 0 Å². The number of aryl methyl sites for hydroxylation is 3. The van der Waals surface area contributed by atoms with Gasteiger partial charge in [-0.3, -0.25) is 10.1 Å². The number of nitro groups is 1. The lowest BCUT2D eigenvalue weighted by Crippen LogP contribution is -3.62. The second kappa shape index (κ2) is 5.69. The van der Waals surface area contributed by atoms with Crippen molar-refractivity contribution in [2.24, 2.45) is 0 Å². The molecule has 4 heteroatoms. The summed E-state index contributed by atoms with van der Waals surface area (Å²) in [7, 11) is 0. The van der Waals surface area contributed by atoms with Crippen molar-refractivity contribution in [2.45, 2.75) is 20.8 Å². The Morgan fingerprint density at radius 3 is 2.00 bits per heavy atom. The largest absolute Gasteiger partial charge is 0.358 e. The van der Waals surface area contributed by atoms with Crippen molar-refractivity contribution in [3.63, 3.8) is 0 Å². The van der Waals surface area contributed by atoms with Gasteiger partial charge < -0.3 is 0 Å². The highest BCUT2D eigenvalue weighted by Crippen LogP contribution is 2.09. The standard InChI is InChI=1S/C15H15INO2/c1-10-8-11(2)15(12(3)9-10)16-13-4-6-14(7-5-13)17(18)19/h4-9H,1-3H3/q+1. The minimum absolute atomic E-state index is 0.158. The van der Waals surface area contributed by atoms with Gasteiger partial charge in [-0.2, -0.15) is 0 Å². The van der Waals surface area contributed by atoms with Gasteiger partial charge in [-0.1, -0.05) is 17.7 Å². The van der Waals surface area contributed by atoms with Crippen LogP contribution in [0.25, 0.3) is 0 Å². The predicted molar refractivity (Wildman–Crippen MR) is 71.1 cm³/mol. The smallest absolute Gasteiger partial charge is 0.258 e. The zero-order valence-corrected chi connectivity index (χ0v) is 13.3. The van der Waals surface area contributed by atoms with E-state index < -0.39 is 0 Å². The summed E-state index contributed by atoms with van der Waals surface area (Å²) >= 11 is -0.283. The van der Waals surface area contributed by atoms with Crippen LogP contribution in [0, 0.1) is 38.0 Å². The van der Waals surface area contributed by atoms with E-state index in [0.717, 1.165) is 0 Å². The van der Waals surface area contributed by atoms with Crippen LogP contribution in [0.4, 0.5) is 5.69 Å². The highest BCUT2D eigenvalue weighted by molar-refractivity contribution is 5.29. The molecule has 0 bridgehead atoms. The Morgan fingerprint density at radius 2 is 1.53 bits per heavy atom. The van der Waals surface area contributed by atoms with E-state index in [1.165, 1.54) is 23.8 Å². The number of benzene rings is 2. The van der Waals surface area contributed by atoms with Gasteiger partial charge in [-0.25, -0.2) is 0 Å². The van der Waals surface area contributed by atoms with Crippen molar-refractivity contribution in [3.05, 3.63) is 70.3 Å². The van der Waals surface area contributed by atoms with Gasteiger partial charge in [0.05, 0.1) is 4.92 Å². The van der Waals surface area contributed by atoms with E-state index in [1.54, 1.807) is 12.1 Å². The molecule has 98 valence electrons. The normalized spacial score (nSPS) is 10.5. The first kappa shape index (κ1) is 14.0. The minimum atomic E-state index is -0.357. The molecule has 0 aromatic heterocycles. The minimum Gasteiger partial charge on any atom is -0.258 e. The molecular formula is C15H15INO2+. The fourth-order valence-electron chi connectivity index (χ4n) is 2.05. The topological polar surface area (TPSA) is 43.1 Å². The van der Waals surface area contributed by atoms with Gasteiger partial charge in [0.25, 0.3) is 5.69 Å². The van der Waals surface area contributed by atoms with Gasteiger partial charge in [0.2, 0.25) is 0 Å². The molecule has 0 fully saturated rings. The third-order valence-corrected chi connectivity index (χ3v) is 6.40. The summed E-state index contributed by atoms with van der Waals surface area (Å²) in [6, 6.07) is 11.3. The van der Waals surface area contributed by atoms with E-state index in [4.69, 9.17) is 0 Å². The predicted octanol–water partition coefficient (Wildman–Crippen LogP) is 0.648. The fraction of sp³-hybridized carbons (Fsp3) is 0.200. The molecule has 0 saturated carbocycles. The van der Waals surface area contributed by atoms with E-state index in [9.17, 15) is 10.1 Å². The van der Waals surface area contributed by atoms with Crippen LogP contribution in [0.5, 0.6) is 0 Å². The first-order valence-corrected chi connectivity index (χ1v) is 8.10. The molecule has 3 nitrogen and oxygen atoms in total. The molecule has 2 rings (SSSR count). The maximum absolute atomic E-state index is 10.6. The number of halogens is 1. The molecule has 0 heterocycles. The first-order chi connectivity index (χ1) is 8.97. The zero-order valence-electron chi connectivity index (χ0n) is 11.1. The van der Waals surface area contributed by atoms with Crippen molar-refractivity contribution >= 4 is 5.69 Å². The number of hydrogen-bond donors (Lipinski definition) is 0. The molecule has 0 aliphatic carbocycles. The summed E-state index contributed by atoms with van der Waals surface area (Å²) in [6.45, 7) is 6.38. The SMILES string of the molecule is Cc1cc(C)c([I+]c2ccc([N+](=O)[O-])cc2)c(C)c1. The number of non-ortho nitro benzene ring substituents is 1. The molecule has 0 saturated heterocycles. The second-order valence-electron chi connectivity index (χ2n) is 4.54. The van der Waals surface area contributed by atoms with Crippen LogP contribution in [-0.2, 0) is 0 Å². The lowest BCUT2D eigenvalue weighted by molar-refractivity contribution is -0.598. The molecule has 0 aliphatic heterocycles. The van der Waals surface area contributed by atoms with Crippen molar-refractivity contribution < 1.29 is 26.1 Å². The average molecular weight is 368 g/mol. The fourth-order valence-corrected chi connectivity index (χ4v) is 4.55. The number of nitrogens with zero attached hydrogens (tertiary/aromatic N) is 1. The lowest BCUT2D eigenvalue weighted by Gasteiger charge is -2.00. The second-order valence-corrected chi connectivity index (χ2v) is 7.40. The van der Waals surface area contributed by atoms with Crippen LogP contribution in [0.3, 0.4) is 0 Å². The molecule has 0 aliphatic rings. The molecule has 0 spiro atoms. The number of rotatable bonds is 3. The summed E-state index contributed by atoms with van der Waals surface area (Å²) in [5, 5.41) is 10.6. The Balaban J connectivity index is 2.29. The van der Waals surface area contributed by atoms with Gasteiger partial charge in [0, 0.05) is 23.3 Å². The number of hydrogen-bond acceptors (Lipinski definition) is 2. The van der Waals surface area contributed by atoms with Crippen LogP contribution in [0.2, 0.25) is 0 Å². The van der Waals surface area contributed by atoms with Gasteiger partial charge in [-0.15, -0.1) is 0 Å². The van der Waals surface area contributed by atoms with E-state index in [1.807, 2.05) is 12.1 Å². The Morgan fingerprint density at radius 1 is 1.00 bits per heavy atom. The van der Waals surface area contributed by atoms with Crippen LogP contribution in [0.15, 0.2) is 36.4 Å². The van der Waals surface area contributed by atoms with Crippen molar-refractivity contribution in [3.8, 4) is 0 Å². The Kier molecular flexibility index (Phi) is 4.19. The Labute approximate surface area is 123 Å². The van der Waals surface area contributed by atoms with E-state index in [-0.39, 0.29) is 31.8 Å². The van der Waals surface area contributed by atoms with Gasteiger partial charge in [-0.05, 0) is 32.9 Å². The monoisotopic (exact) mass is 368 g/mol. The summed E-state index contributed by atoms with van der Waals surface area (Å²) in [5.74, 6) is 0. The van der Waals surface area contributed by atoms with Crippen molar-refractivity contribution in [1.82, 2.24) is 0 Å². The third-order valence-electron chi connectivity index (χ3n) is 2.82.